The van der Waals surface area contributed by atoms with E-state index >= 15 is 0 Å². The van der Waals surface area contributed by atoms with Crippen LogP contribution in [0.15, 0.2) is 60.9 Å². The molecule has 3 N–H and O–H groups in total. The Balaban J connectivity index is 0.00000149. The maximum Gasteiger partial charge on any atom is 0.251 e. The zero-order valence-electron chi connectivity index (χ0n) is 19.0. The van der Waals surface area contributed by atoms with Crippen LogP contribution in [-0.4, -0.2) is 20.9 Å². The molecule has 0 unspecified atom stereocenters. The van der Waals surface area contributed by atoms with Gasteiger partial charge < -0.3 is 11.1 Å². The number of nitriles is 1. The molecule has 0 aliphatic heterocycles. The second-order valence-electron chi connectivity index (χ2n) is 7.24. The van der Waals surface area contributed by atoms with E-state index in [1.165, 1.54) is 0 Å². The highest BCUT2D eigenvalue weighted by Gasteiger charge is 2.09. The Morgan fingerprint density at radius 1 is 1.09 bits per heavy atom. The SMILES string of the molecule is CC.Cc1nc(N)ccc1CNC(=O)c1ccnc(Cc2ccc3ncc(C#N)cc3c2)c1. The van der Waals surface area contributed by atoms with E-state index in [9.17, 15) is 4.79 Å². The predicted molar refractivity (Wildman–Crippen MR) is 129 cm³/mol. The second kappa shape index (κ2) is 10.8. The predicted octanol–water partition coefficient (Wildman–Crippen LogP) is 4.33. The maximum atomic E-state index is 12.6. The zero-order valence-corrected chi connectivity index (χ0v) is 19.0. The number of carbonyl (C=O) groups excluding carboxylic acids is 1. The molecular weight excluding hydrogens is 412 g/mol. The minimum Gasteiger partial charge on any atom is -0.384 e. The number of pyridine rings is 3. The van der Waals surface area contributed by atoms with Gasteiger partial charge in [-0.3, -0.25) is 14.8 Å². The van der Waals surface area contributed by atoms with Gasteiger partial charge in [0.2, 0.25) is 0 Å². The molecule has 0 aliphatic rings. The minimum absolute atomic E-state index is 0.179. The first kappa shape index (κ1) is 23.4. The monoisotopic (exact) mass is 438 g/mol. The standard InChI is InChI=1S/C24H20N6O.C2H6/c1-15-19(3-5-23(26)30-15)14-29-24(31)18-6-7-27-21(11-18)10-16-2-4-22-20(8-16)9-17(12-25)13-28-22;1-2/h2-9,11,13H,10,14H2,1H3,(H2,26,30)(H,29,31);1-2H3. The van der Waals surface area contributed by atoms with Crippen LogP contribution in [0.5, 0.6) is 0 Å². The molecule has 0 aliphatic carbocycles. The topological polar surface area (TPSA) is 118 Å². The highest BCUT2D eigenvalue weighted by molar-refractivity contribution is 5.94. The lowest BCUT2D eigenvalue weighted by molar-refractivity contribution is 0.0950. The molecule has 7 nitrogen and oxygen atoms in total. The molecule has 0 saturated carbocycles. The van der Waals surface area contributed by atoms with Crippen LogP contribution in [0.3, 0.4) is 0 Å². The van der Waals surface area contributed by atoms with E-state index in [-0.39, 0.29) is 5.91 Å². The molecule has 1 amide bonds. The summed E-state index contributed by atoms with van der Waals surface area (Å²) in [5.41, 5.74) is 11.1. The van der Waals surface area contributed by atoms with Gasteiger partial charge in [-0.05, 0) is 54.4 Å². The summed E-state index contributed by atoms with van der Waals surface area (Å²) in [6.07, 6.45) is 3.76. The third-order valence-corrected chi connectivity index (χ3v) is 4.99. The van der Waals surface area contributed by atoms with Gasteiger partial charge in [-0.15, -0.1) is 0 Å². The van der Waals surface area contributed by atoms with Gasteiger partial charge in [-0.25, -0.2) is 4.98 Å². The average Bonchev–Trinajstić information content (AvgIpc) is 2.84. The van der Waals surface area contributed by atoms with E-state index < -0.39 is 0 Å². The Morgan fingerprint density at radius 3 is 2.67 bits per heavy atom. The van der Waals surface area contributed by atoms with Gasteiger partial charge in [0.1, 0.15) is 11.9 Å². The fraction of sp³-hybridized carbons (Fsp3) is 0.192. The summed E-state index contributed by atoms with van der Waals surface area (Å²) >= 11 is 0. The third-order valence-electron chi connectivity index (χ3n) is 4.99. The number of anilines is 1. The molecule has 0 bridgehead atoms. The first-order valence-corrected chi connectivity index (χ1v) is 10.8. The van der Waals surface area contributed by atoms with Gasteiger partial charge in [-0.2, -0.15) is 5.26 Å². The van der Waals surface area contributed by atoms with Crippen molar-refractivity contribution in [3.8, 4) is 6.07 Å². The normalized spacial score (nSPS) is 10.1. The number of nitrogens with zero attached hydrogens (tertiary/aromatic N) is 4. The quantitative estimate of drug-likeness (QED) is 0.479. The number of aromatic nitrogens is 3. The van der Waals surface area contributed by atoms with Crippen LogP contribution in [0.25, 0.3) is 10.9 Å². The first-order chi connectivity index (χ1) is 16.0. The lowest BCUT2D eigenvalue weighted by atomic mass is 10.0. The molecule has 33 heavy (non-hydrogen) atoms. The van der Waals surface area contributed by atoms with E-state index in [0.717, 1.165) is 33.4 Å². The molecule has 166 valence electrons. The van der Waals surface area contributed by atoms with Crippen molar-refractivity contribution in [2.24, 2.45) is 0 Å². The summed E-state index contributed by atoms with van der Waals surface area (Å²) in [6.45, 7) is 6.23. The van der Waals surface area contributed by atoms with Crippen molar-refractivity contribution >= 4 is 22.6 Å². The van der Waals surface area contributed by atoms with Gasteiger partial charge in [-0.1, -0.05) is 26.0 Å². The third kappa shape index (κ3) is 5.89. The van der Waals surface area contributed by atoms with Gasteiger partial charge in [0, 0.05) is 47.7 Å². The highest BCUT2D eigenvalue weighted by atomic mass is 16.1. The Kier molecular flexibility index (Phi) is 7.66. The first-order valence-electron chi connectivity index (χ1n) is 10.8. The maximum absolute atomic E-state index is 12.6. The van der Waals surface area contributed by atoms with E-state index in [4.69, 9.17) is 11.0 Å². The number of carbonyl (C=O) groups is 1. The molecule has 1 aromatic carbocycles. The Hall–Kier alpha value is -4.31. The van der Waals surface area contributed by atoms with Crippen LogP contribution in [0, 0.1) is 18.3 Å². The fourth-order valence-corrected chi connectivity index (χ4v) is 3.35. The van der Waals surface area contributed by atoms with E-state index in [2.05, 4.69) is 26.3 Å². The summed E-state index contributed by atoms with van der Waals surface area (Å²) < 4.78 is 0. The molecule has 0 radical (unpaired) electrons. The molecular formula is C26H26N6O. The average molecular weight is 439 g/mol. The molecule has 4 aromatic rings. The van der Waals surface area contributed by atoms with Crippen LogP contribution in [0.4, 0.5) is 5.82 Å². The fourth-order valence-electron chi connectivity index (χ4n) is 3.35. The summed E-state index contributed by atoms with van der Waals surface area (Å²) in [4.78, 5) is 25.5. The molecule has 4 rings (SSSR count). The highest BCUT2D eigenvalue weighted by Crippen LogP contribution is 2.18. The van der Waals surface area contributed by atoms with Crippen molar-refractivity contribution in [1.82, 2.24) is 20.3 Å². The van der Waals surface area contributed by atoms with Crippen molar-refractivity contribution in [3.63, 3.8) is 0 Å². The molecule has 7 heteroatoms. The number of nitrogens with one attached hydrogen (secondary N) is 1. The van der Waals surface area contributed by atoms with Gasteiger partial charge in [0.05, 0.1) is 11.1 Å². The van der Waals surface area contributed by atoms with Crippen molar-refractivity contribution in [3.05, 3.63) is 94.6 Å². The van der Waals surface area contributed by atoms with Crippen molar-refractivity contribution in [1.29, 1.82) is 5.26 Å². The smallest absolute Gasteiger partial charge is 0.251 e. The number of nitrogens with two attached hydrogens (primary N) is 1. The van der Waals surface area contributed by atoms with Gasteiger partial charge in [0.15, 0.2) is 0 Å². The van der Waals surface area contributed by atoms with Gasteiger partial charge in [0.25, 0.3) is 5.91 Å². The molecule has 3 heterocycles. The number of hydrogen-bond acceptors (Lipinski definition) is 6. The Bertz CT molecular complexity index is 1330. The van der Waals surface area contributed by atoms with Crippen LogP contribution >= 0.6 is 0 Å². The molecule has 0 fully saturated rings. The lowest BCUT2D eigenvalue weighted by Gasteiger charge is -2.09. The van der Waals surface area contributed by atoms with Crippen LogP contribution in [-0.2, 0) is 13.0 Å². The molecule has 0 atom stereocenters. The number of hydrogen-bond donors (Lipinski definition) is 2. The van der Waals surface area contributed by atoms with Crippen LogP contribution in [0.1, 0.15) is 52.3 Å². The summed E-state index contributed by atoms with van der Waals surface area (Å²) in [5, 5.41) is 12.9. The van der Waals surface area contributed by atoms with E-state index in [1.54, 1.807) is 30.6 Å². The summed E-state index contributed by atoms with van der Waals surface area (Å²) in [6, 6.07) is 16.9. The summed E-state index contributed by atoms with van der Waals surface area (Å²) in [7, 11) is 0. The minimum atomic E-state index is -0.179. The number of rotatable bonds is 5. The lowest BCUT2D eigenvalue weighted by Crippen LogP contribution is -2.23. The number of nitrogen functional groups attached to an aromatic ring is 1. The number of benzene rings is 1. The Morgan fingerprint density at radius 2 is 1.91 bits per heavy atom. The van der Waals surface area contributed by atoms with Crippen LogP contribution < -0.4 is 11.1 Å². The number of aryl methyl sites for hydroxylation is 1. The molecule has 0 spiro atoms. The van der Waals surface area contributed by atoms with E-state index in [1.807, 2.05) is 51.1 Å². The number of amides is 1. The van der Waals surface area contributed by atoms with Crippen molar-refractivity contribution in [2.45, 2.75) is 33.7 Å². The Labute approximate surface area is 193 Å². The molecule has 3 aromatic heterocycles. The van der Waals surface area contributed by atoms with Gasteiger partial charge >= 0.3 is 0 Å². The van der Waals surface area contributed by atoms with Crippen LogP contribution in [0.2, 0.25) is 0 Å². The zero-order chi connectivity index (χ0) is 23.8. The largest absolute Gasteiger partial charge is 0.384 e. The number of fused-ring (bicyclic) bond motifs is 1. The molecule has 0 saturated heterocycles. The van der Waals surface area contributed by atoms with E-state index in [0.29, 0.717) is 29.9 Å². The van der Waals surface area contributed by atoms with Crippen molar-refractivity contribution < 1.29 is 4.79 Å². The summed E-state index contributed by atoms with van der Waals surface area (Å²) in [5.74, 6) is 0.279. The van der Waals surface area contributed by atoms with Crippen molar-refractivity contribution in [2.75, 3.05) is 5.73 Å². The second-order valence-corrected chi connectivity index (χ2v) is 7.24.